The van der Waals surface area contributed by atoms with Gasteiger partial charge in [0.1, 0.15) is 0 Å². The summed E-state index contributed by atoms with van der Waals surface area (Å²) < 4.78 is 4.86. The molecular formula is C9H19NO3S. The van der Waals surface area contributed by atoms with Crippen molar-refractivity contribution in [3.05, 3.63) is 0 Å². The fourth-order valence-electron chi connectivity index (χ4n) is 0.880. The van der Waals surface area contributed by atoms with E-state index in [0.717, 1.165) is 0 Å². The average molecular weight is 221 g/mol. The van der Waals surface area contributed by atoms with E-state index in [1.165, 1.54) is 11.8 Å². The van der Waals surface area contributed by atoms with Gasteiger partial charge in [0.05, 0.1) is 18.2 Å². The summed E-state index contributed by atoms with van der Waals surface area (Å²) in [7, 11) is 0. The number of nitrogens with one attached hydrogen (secondary N) is 1. The highest BCUT2D eigenvalue weighted by atomic mass is 32.2. The average Bonchev–Trinajstić information content (AvgIpc) is 2.00. The van der Waals surface area contributed by atoms with Gasteiger partial charge in [-0.05, 0) is 27.0 Å². The Bertz CT molecular complexity index is 183. The maximum atomic E-state index is 11.1. The summed E-state index contributed by atoms with van der Waals surface area (Å²) >= 11 is 1.53. The van der Waals surface area contributed by atoms with E-state index in [2.05, 4.69) is 5.32 Å². The molecule has 0 aromatic carbocycles. The van der Waals surface area contributed by atoms with E-state index in [9.17, 15) is 9.90 Å². The molecule has 5 heteroatoms. The van der Waals surface area contributed by atoms with Crippen LogP contribution in [0.1, 0.15) is 20.8 Å². The third-order valence-electron chi connectivity index (χ3n) is 1.41. The summed E-state index contributed by atoms with van der Waals surface area (Å²) in [4.78, 5) is 11.1. The second-order valence-electron chi connectivity index (χ2n) is 3.74. The van der Waals surface area contributed by atoms with Crippen molar-refractivity contribution in [2.45, 2.75) is 32.5 Å². The molecule has 2 N–H and O–H groups in total. The molecule has 84 valence electrons. The van der Waals surface area contributed by atoms with E-state index in [0.29, 0.717) is 5.75 Å². The van der Waals surface area contributed by atoms with E-state index in [1.54, 1.807) is 20.8 Å². The van der Waals surface area contributed by atoms with Crippen molar-refractivity contribution in [2.75, 3.05) is 18.6 Å². The molecule has 1 unspecified atom stereocenters. The van der Waals surface area contributed by atoms with E-state index in [4.69, 9.17) is 4.74 Å². The Hall–Kier alpha value is -0.420. The molecule has 0 fully saturated rings. The molecule has 0 rings (SSSR count). The van der Waals surface area contributed by atoms with E-state index >= 15 is 0 Å². The molecule has 0 aliphatic rings. The van der Waals surface area contributed by atoms with Gasteiger partial charge in [0, 0.05) is 5.75 Å². The Morgan fingerprint density at radius 3 is 2.64 bits per heavy atom. The van der Waals surface area contributed by atoms with Gasteiger partial charge in [-0.1, -0.05) is 0 Å². The Balaban J connectivity index is 3.75. The first-order chi connectivity index (χ1) is 6.37. The molecule has 0 spiro atoms. The summed E-state index contributed by atoms with van der Waals surface area (Å²) in [6.07, 6.45) is 1.28. The minimum atomic E-state index is -0.880. The molecule has 0 aliphatic carbocycles. The van der Waals surface area contributed by atoms with E-state index in [-0.39, 0.29) is 12.6 Å². The number of hydrogen-bond acceptors (Lipinski definition) is 4. The van der Waals surface area contributed by atoms with Gasteiger partial charge in [-0.3, -0.25) is 0 Å². The Labute approximate surface area is 89.4 Å². The number of alkyl carbamates (subject to hydrolysis) is 1. The van der Waals surface area contributed by atoms with Gasteiger partial charge in [0.15, 0.2) is 0 Å². The van der Waals surface area contributed by atoms with Crippen molar-refractivity contribution < 1.29 is 14.6 Å². The molecular weight excluding hydrogens is 202 g/mol. The van der Waals surface area contributed by atoms with Crippen LogP contribution in [0, 0.1) is 0 Å². The van der Waals surface area contributed by atoms with Crippen LogP contribution in [0.4, 0.5) is 4.79 Å². The topological polar surface area (TPSA) is 58.6 Å². The summed E-state index contributed by atoms with van der Waals surface area (Å²) in [5.74, 6) is 0.578. The molecule has 0 saturated heterocycles. The van der Waals surface area contributed by atoms with E-state index < -0.39 is 11.7 Å². The lowest BCUT2D eigenvalue weighted by atomic mass is 10.1. The minimum Gasteiger partial charge on any atom is -0.447 e. The number of ether oxygens (including phenoxy) is 1. The van der Waals surface area contributed by atoms with Gasteiger partial charge in [0.2, 0.25) is 0 Å². The maximum Gasteiger partial charge on any atom is 0.407 e. The van der Waals surface area contributed by atoms with Crippen LogP contribution in [0.3, 0.4) is 0 Å². The van der Waals surface area contributed by atoms with Crippen LogP contribution in [0.5, 0.6) is 0 Å². The summed E-state index contributed by atoms with van der Waals surface area (Å²) in [5.41, 5.74) is -0.880. The predicted molar refractivity (Wildman–Crippen MR) is 58.6 cm³/mol. The predicted octanol–water partition coefficient (Wildman–Crippen LogP) is 1.24. The third kappa shape index (κ3) is 7.03. The minimum absolute atomic E-state index is 0.138. The summed E-state index contributed by atoms with van der Waals surface area (Å²) in [6.45, 7) is 5.44. The molecule has 0 aromatic rings. The van der Waals surface area contributed by atoms with Gasteiger partial charge in [-0.15, -0.1) is 0 Å². The van der Waals surface area contributed by atoms with Gasteiger partial charge in [-0.2, -0.15) is 11.8 Å². The largest absolute Gasteiger partial charge is 0.447 e. The fourth-order valence-corrected chi connectivity index (χ4v) is 1.60. The van der Waals surface area contributed by atoms with Crippen molar-refractivity contribution in [1.29, 1.82) is 0 Å². The van der Waals surface area contributed by atoms with Gasteiger partial charge >= 0.3 is 6.09 Å². The lowest BCUT2D eigenvalue weighted by Crippen LogP contribution is -2.43. The highest BCUT2D eigenvalue weighted by Gasteiger charge is 2.20. The molecule has 0 bridgehead atoms. The van der Waals surface area contributed by atoms with Crippen molar-refractivity contribution in [2.24, 2.45) is 0 Å². The molecule has 0 aliphatic heterocycles. The molecule has 0 aromatic heterocycles. The zero-order chi connectivity index (χ0) is 11.2. The first-order valence-corrected chi connectivity index (χ1v) is 5.92. The standard InChI is InChI=1S/C9H19NO3S/c1-7(2)13-8(11)10-5-9(3,12)6-14-4/h7,12H,5-6H2,1-4H3,(H,10,11). The Kier molecular flexibility index (Phi) is 5.95. The van der Waals surface area contributed by atoms with Gasteiger partial charge in [-0.25, -0.2) is 4.79 Å². The smallest absolute Gasteiger partial charge is 0.407 e. The number of amides is 1. The normalized spacial score (nSPS) is 15.0. The lowest BCUT2D eigenvalue weighted by molar-refractivity contribution is 0.0722. The summed E-state index contributed by atoms with van der Waals surface area (Å²) in [6, 6.07) is 0. The van der Waals surface area contributed by atoms with Gasteiger partial charge < -0.3 is 15.2 Å². The monoisotopic (exact) mass is 221 g/mol. The number of aliphatic hydroxyl groups is 1. The Morgan fingerprint density at radius 2 is 2.21 bits per heavy atom. The van der Waals surface area contributed by atoms with Crippen LogP contribution in [0.25, 0.3) is 0 Å². The van der Waals surface area contributed by atoms with Crippen LogP contribution in [-0.4, -0.2) is 41.5 Å². The quantitative estimate of drug-likeness (QED) is 0.733. The third-order valence-corrected chi connectivity index (χ3v) is 2.32. The number of rotatable bonds is 5. The number of hydrogen-bond donors (Lipinski definition) is 2. The highest BCUT2D eigenvalue weighted by molar-refractivity contribution is 7.98. The van der Waals surface area contributed by atoms with Crippen molar-refractivity contribution in [1.82, 2.24) is 5.32 Å². The van der Waals surface area contributed by atoms with Crippen molar-refractivity contribution >= 4 is 17.9 Å². The van der Waals surface area contributed by atoms with E-state index in [1.807, 2.05) is 6.26 Å². The fraction of sp³-hybridized carbons (Fsp3) is 0.889. The molecule has 4 nitrogen and oxygen atoms in total. The number of thioether (sulfide) groups is 1. The second-order valence-corrected chi connectivity index (χ2v) is 4.60. The molecule has 0 saturated carbocycles. The van der Waals surface area contributed by atoms with Crippen LogP contribution in [-0.2, 0) is 4.74 Å². The van der Waals surface area contributed by atoms with Gasteiger partial charge in [0.25, 0.3) is 0 Å². The molecule has 1 atom stereocenters. The zero-order valence-corrected chi connectivity index (χ0v) is 9.98. The number of carbonyl (C=O) groups is 1. The van der Waals surface area contributed by atoms with Crippen LogP contribution >= 0.6 is 11.8 Å². The zero-order valence-electron chi connectivity index (χ0n) is 9.16. The summed E-state index contributed by atoms with van der Waals surface area (Å²) in [5, 5.41) is 12.2. The second kappa shape index (κ2) is 6.14. The molecule has 0 radical (unpaired) electrons. The van der Waals surface area contributed by atoms with Crippen molar-refractivity contribution in [3.63, 3.8) is 0 Å². The number of carbonyl (C=O) groups excluding carboxylic acids is 1. The van der Waals surface area contributed by atoms with Crippen LogP contribution < -0.4 is 5.32 Å². The molecule has 1 amide bonds. The van der Waals surface area contributed by atoms with Crippen LogP contribution in [0.2, 0.25) is 0 Å². The lowest BCUT2D eigenvalue weighted by Gasteiger charge is -2.22. The van der Waals surface area contributed by atoms with Crippen molar-refractivity contribution in [3.8, 4) is 0 Å². The Morgan fingerprint density at radius 1 is 1.64 bits per heavy atom. The SMILES string of the molecule is CSCC(C)(O)CNC(=O)OC(C)C. The molecule has 14 heavy (non-hydrogen) atoms. The van der Waals surface area contributed by atoms with Crippen LogP contribution in [0.15, 0.2) is 0 Å². The first kappa shape index (κ1) is 13.6. The maximum absolute atomic E-state index is 11.1. The molecule has 0 heterocycles. The first-order valence-electron chi connectivity index (χ1n) is 4.53. The highest BCUT2D eigenvalue weighted by Crippen LogP contribution is 2.08.